The summed E-state index contributed by atoms with van der Waals surface area (Å²) in [4.78, 5) is 11.9. The minimum Gasteiger partial charge on any atom is -0.399 e. The number of rotatable bonds is 4. The summed E-state index contributed by atoms with van der Waals surface area (Å²) >= 11 is 1.39. The van der Waals surface area contributed by atoms with Crippen molar-refractivity contribution in [3.05, 3.63) is 23.8 Å². The third-order valence-corrected chi connectivity index (χ3v) is 3.62. The van der Waals surface area contributed by atoms with Crippen LogP contribution in [0.25, 0.3) is 0 Å². The second-order valence-corrected chi connectivity index (χ2v) is 5.10. The van der Waals surface area contributed by atoms with Crippen LogP contribution in [0.3, 0.4) is 0 Å². The van der Waals surface area contributed by atoms with E-state index in [1.165, 1.54) is 11.8 Å². The Morgan fingerprint density at radius 2 is 2.06 bits per heavy atom. The lowest BCUT2D eigenvalue weighted by atomic mass is 10.2. The van der Waals surface area contributed by atoms with Gasteiger partial charge in [0.25, 0.3) is 0 Å². The lowest BCUT2D eigenvalue weighted by Crippen LogP contribution is -2.17. The van der Waals surface area contributed by atoms with Gasteiger partial charge in [-0.3, -0.25) is 4.79 Å². The molecular weight excluding hydrogens is 224 g/mol. The SMILES string of the molecule is CC(O)C(C)Sc1cc(N)ccc1C(N)=O. The molecule has 0 aliphatic heterocycles. The quantitative estimate of drug-likeness (QED) is 0.545. The standard InChI is InChI=1S/C11H16N2O2S/c1-6(14)7(2)16-10-5-8(12)3-4-9(10)11(13)15/h3-7,14H,12H2,1-2H3,(H2,13,15). The molecular formula is C11H16N2O2S. The van der Waals surface area contributed by atoms with Gasteiger partial charge in [-0.15, -0.1) is 11.8 Å². The molecule has 0 aromatic heterocycles. The Morgan fingerprint density at radius 1 is 1.44 bits per heavy atom. The van der Waals surface area contributed by atoms with Crippen LogP contribution < -0.4 is 11.5 Å². The predicted octanol–water partition coefficient (Wildman–Crippen LogP) is 1.23. The van der Waals surface area contributed by atoms with Crippen LogP contribution in [0.1, 0.15) is 24.2 Å². The van der Waals surface area contributed by atoms with E-state index < -0.39 is 12.0 Å². The van der Waals surface area contributed by atoms with Gasteiger partial charge >= 0.3 is 0 Å². The Kier molecular flexibility index (Phi) is 4.20. The van der Waals surface area contributed by atoms with E-state index in [0.29, 0.717) is 16.1 Å². The Morgan fingerprint density at radius 3 is 2.56 bits per heavy atom. The van der Waals surface area contributed by atoms with Crippen molar-refractivity contribution in [2.24, 2.45) is 5.73 Å². The van der Waals surface area contributed by atoms with Crippen molar-refractivity contribution < 1.29 is 9.90 Å². The minimum atomic E-state index is -0.486. The highest BCUT2D eigenvalue weighted by atomic mass is 32.2. The lowest BCUT2D eigenvalue weighted by molar-refractivity contribution is 0.0997. The van der Waals surface area contributed by atoms with E-state index in [0.717, 1.165) is 0 Å². The summed E-state index contributed by atoms with van der Waals surface area (Å²) in [6.07, 6.45) is -0.466. The molecule has 2 atom stereocenters. The topological polar surface area (TPSA) is 89.3 Å². The van der Waals surface area contributed by atoms with Gasteiger partial charge < -0.3 is 16.6 Å². The van der Waals surface area contributed by atoms with E-state index in [2.05, 4.69) is 0 Å². The van der Waals surface area contributed by atoms with Gasteiger partial charge in [-0.1, -0.05) is 6.92 Å². The molecule has 0 fully saturated rings. The number of carbonyl (C=O) groups is 1. The number of hydrogen-bond acceptors (Lipinski definition) is 4. The van der Waals surface area contributed by atoms with Gasteiger partial charge in [-0.05, 0) is 25.1 Å². The van der Waals surface area contributed by atoms with E-state index in [-0.39, 0.29) is 5.25 Å². The molecule has 1 aromatic rings. The van der Waals surface area contributed by atoms with Crippen LogP contribution in [-0.2, 0) is 0 Å². The average Bonchev–Trinajstić information content (AvgIpc) is 2.16. The third-order valence-electron chi connectivity index (χ3n) is 2.26. The molecule has 16 heavy (non-hydrogen) atoms. The molecule has 0 aliphatic rings. The smallest absolute Gasteiger partial charge is 0.249 e. The van der Waals surface area contributed by atoms with Crippen LogP contribution in [0, 0.1) is 0 Å². The summed E-state index contributed by atoms with van der Waals surface area (Å²) in [7, 11) is 0. The van der Waals surface area contributed by atoms with Crippen molar-refractivity contribution in [2.45, 2.75) is 30.1 Å². The first-order valence-electron chi connectivity index (χ1n) is 4.96. The van der Waals surface area contributed by atoms with Crippen LogP contribution in [-0.4, -0.2) is 22.4 Å². The molecule has 1 amide bonds. The molecule has 0 spiro atoms. The van der Waals surface area contributed by atoms with Crippen molar-refractivity contribution in [1.82, 2.24) is 0 Å². The van der Waals surface area contributed by atoms with Gasteiger partial charge in [0, 0.05) is 15.8 Å². The normalized spacial score (nSPS) is 14.4. The number of anilines is 1. The fraction of sp³-hybridized carbons (Fsp3) is 0.364. The van der Waals surface area contributed by atoms with Gasteiger partial charge in [0.15, 0.2) is 0 Å². The summed E-state index contributed by atoms with van der Waals surface area (Å²) in [6.45, 7) is 3.58. The zero-order valence-electron chi connectivity index (χ0n) is 9.31. The van der Waals surface area contributed by atoms with Crippen LogP contribution in [0.5, 0.6) is 0 Å². The number of primary amides is 1. The van der Waals surface area contributed by atoms with Crippen molar-refractivity contribution >= 4 is 23.4 Å². The Labute approximate surface area is 99.0 Å². The summed E-state index contributed by atoms with van der Waals surface area (Å²) in [6, 6.07) is 4.94. The number of thioether (sulfide) groups is 1. The van der Waals surface area contributed by atoms with Crippen molar-refractivity contribution in [3.63, 3.8) is 0 Å². The maximum Gasteiger partial charge on any atom is 0.249 e. The summed E-state index contributed by atoms with van der Waals surface area (Å²) in [5.41, 5.74) is 11.9. The van der Waals surface area contributed by atoms with Gasteiger partial charge in [0.2, 0.25) is 5.91 Å². The highest BCUT2D eigenvalue weighted by Crippen LogP contribution is 2.30. The van der Waals surface area contributed by atoms with E-state index in [4.69, 9.17) is 11.5 Å². The van der Waals surface area contributed by atoms with Gasteiger partial charge in [-0.2, -0.15) is 0 Å². The van der Waals surface area contributed by atoms with E-state index in [1.54, 1.807) is 25.1 Å². The van der Waals surface area contributed by atoms with Crippen LogP contribution >= 0.6 is 11.8 Å². The van der Waals surface area contributed by atoms with E-state index in [9.17, 15) is 9.90 Å². The first-order chi connectivity index (χ1) is 7.41. The fourth-order valence-electron chi connectivity index (χ4n) is 1.14. The molecule has 5 N–H and O–H groups in total. The molecule has 0 radical (unpaired) electrons. The van der Waals surface area contributed by atoms with Gasteiger partial charge in [0.05, 0.1) is 11.7 Å². The predicted molar refractivity (Wildman–Crippen MR) is 66.4 cm³/mol. The molecule has 0 saturated carbocycles. The molecule has 0 heterocycles. The number of nitrogens with two attached hydrogens (primary N) is 2. The number of hydrogen-bond donors (Lipinski definition) is 3. The number of amides is 1. The molecule has 4 nitrogen and oxygen atoms in total. The van der Waals surface area contributed by atoms with Crippen molar-refractivity contribution in [1.29, 1.82) is 0 Å². The zero-order chi connectivity index (χ0) is 12.3. The second-order valence-electron chi connectivity index (χ2n) is 3.68. The number of benzene rings is 1. The average molecular weight is 240 g/mol. The zero-order valence-corrected chi connectivity index (χ0v) is 10.1. The Bertz CT molecular complexity index is 394. The summed E-state index contributed by atoms with van der Waals surface area (Å²) < 4.78 is 0. The molecule has 1 rings (SSSR count). The molecule has 1 aromatic carbocycles. The number of nitrogen functional groups attached to an aromatic ring is 1. The second kappa shape index (κ2) is 5.23. The van der Waals surface area contributed by atoms with Crippen LogP contribution in [0.2, 0.25) is 0 Å². The largest absolute Gasteiger partial charge is 0.399 e. The summed E-state index contributed by atoms with van der Waals surface area (Å²) in [5.74, 6) is -0.486. The highest BCUT2D eigenvalue weighted by Gasteiger charge is 2.15. The van der Waals surface area contributed by atoms with E-state index in [1.807, 2.05) is 6.92 Å². The van der Waals surface area contributed by atoms with Crippen molar-refractivity contribution in [3.8, 4) is 0 Å². The van der Waals surface area contributed by atoms with Crippen LogP contribution in [0.4, 0.5) is 5.69 Å². The molecule has 0 bridgehead atoms. The highest BCUT2D eigenvalue weighted by molar-refractivity contribution is 8.00. The van der Waals surface area contributed by atoms with Gasteiger partial charge in [0.1, 0.15) is 0 Å². The third kappa shape index (κ3) is 3.15. The summed E-state index contributed by atoms with van der Waals surface area (Å²) in [5, 5.41) is 9.38. The molecule has 5 heteroatoms. The molecule has 0 aliphatic carbocycles. The van der Waals surface area contributed by atoms with E-state index >= 15 is 0 Å². The minimum absolute atomic E-state index is 0.0279. The number of aliphatic hydroxyl groups excluding tert-OH is 1. The first-order valence-corrected chi connectivity index (χ1v) is 5.84. The van der Waals surface area contributed by atoms with Gasteiger partial charge in [-0.25, -0.2) is 0 Å². The monoisotopic (exact) mass is 240 g/mol. The van der Waals surface area contributed by atoms with Crippen LogP contribution in [0.15, 0.2) is 23.1 Å². The lowest BCUT2D eigenvalue weighted by Gasteiger charge is -2.16. The molecule has 2 unspecified atom stereocenters. The Balaban J connectivity index is 3.01. The maximum absolute atomic E-state index is 11.2. The number of aliphatic hydroxyl groups is 1. The molecule has 88 valence electrons. The first kappa shape index (κ1) is 12.9. The molecule has 0 saturated heterocycles. The fourth-order valence-corrected chi connectivity index (χ4v) is 2.24. The van der Waals surface area contributed by atoms with Crippen molar-refractivity contribution in [2.75, 3.05) is 5.73 Å². The Hall–Kier alpha value is -1.20. The number of carbonyl (C=O) groups excluding carboxylic acids is 1. The maximum atomic E-state index is 11.2.